The number of carbonyl (C=O) groups excluding carboxylic acids is 2. The minimum atomic E-state index is -0.191. The van der Waals surface area contributed by atoms with Gasteiger partial charge in [-0.15, -0.1) is 0 Å². The average molecular weight is 426 g/mol. The zero-order valence-corrected chi connectivity index (χ0v) is 18.4. The molecule has 2 aromatic rings. The molecule has 1 aliphatic heterocycles. The summed E-state index contributed by atoms with van der Waals surface area (Å²) in [5.74, 6) is 1.45. The highest BCUT2D eigenvalue weighted by Gasteiger charge is 2.24. The summed E-state index contributed by atoms with van der Waals surface area (Å²) in [6, 6.07) is 14.6. The van der Waals surface area contributed by atoms with Crippen LogP contribution in [0.1, 0.15) is 31.1 Å². The zero-order valence-electron chi connectivity index (χ0n) is 18.4. The Morgan fingerprint density at radius 1 is 1.10 bits per heavy atom. The molecule has 0 radical (unpaired) electrons. The summed E-state index contributed by atoms with van der Waals surface area (Å²) in [6.45, 7) is 8.53. The van der Waals surface area contributed by atoms with Gasteiger partial charge in [0.1, 0.15) is 12.7 Å². The predicted octanol–water partition coefficient (Wildman–Crippen LogP) is 3.17. The number of likely N-dealkylation sites (N-methyl/N-ethyl adjacent to an activating group) is 1. The first kappa shape index (κ1) is 22.6. The van der Waals surface area contributed by atoms with E-state index in [0.717, 1.165) is 11.5 Å². The molecule has 1 heterocycles. The first-order valence-electron chi connectivity index (χ1n) is 10.7. The second-order valence-electron chi connectivity index (χ2n) is 8.02. The van der Waals surface area contributed by atoms with Gasteiger partial charge in [-0.1, -0.05) is 45.0 Å². The molecule has 3 rings (SSSR count). The first-order chi connectivity index (χ1) is 15.0. The fraction of sp³-hybridized carbons (Fsp3) is 0.417. The second-order valence-corrected chi connectivity index (χ2v) is 8.02. The Hall–Kier alpha value is -3.06. The van der Waals surface area contributed by atoms with Gasteiger partial charge < -0.3 is 20.1 Å². The third-order valence-electron chi connectivity index (χ3n) is 4.96. The van der Waals surface area contributed by atoms with Crippen LogP contribution in [-0.4, -0.2) is 55.6 Å². The van der Waals surface area contributed by atoms with Crippen molar-refractivity contribution in [3.05, 3.63) is 54.1 Å². The number of para-hydroxylation sites is 3. The molecule has 7 heteroatoms. The number of fused-ring (bicyclic) bond motifs is 1. The summed E-state index contributed by atoms with van der Waals surface area (Å²) in [5, 5.41) is 5.78. The molecule has 0 saturated heterocycles. The number of amides is 2. The summed E-state index contributed by atoms with van der Waals surface area (Å²) in [5.41, 5.74) is 0.969. The van der Waals surface area contributed by atoms with Crippen LogP contribution in [0.4, 0.5) is 5.69 Å². The molecular formula is C24H31N3O4. The number of hydrogen-bond acceptors (Lipinski definition) is 5. The molecule has 0 saturated carbocycles. The van der Waals surface area contributed by atoms with Crippen molar-refractivity contribution in [2.75, 3.05) is 38.1 Å². The molecule has 2 aromatic carbocycles. The topological polar surface area (TPSA) is 79.9 Å². The predicted molar refractivity (Wildman–Crippen MR) is 121 cm³/mol. The average Bonchev–Trinajstić information content (AvgIpc) is 2.77. The maximum atomic E-state index is 12.7. The maximum Gasteiger partial charge on any atom is 0.253 e. The quantitative estimate of drug-likeness (QED) is 0.645. The molecule has 0 spiro atoms. The molecule has 166 valence electrons. The summed E-state index contributed by atoms with van der Waals surface area (Å²) < 4.78 is 11.8. The van der Waals surface area contributed by atoms with Gasteiger partial charge in [-0.2, -0.15) is 0 Å². The van der Waals surface area contributed by atoms with Gasteiger partial charge >= 0.3 is 0 Å². The van der Waals surface area contributed by atoms with E-state index in [1.807, 2.05) is 49.9 Å². The van der Waals surface area contributed by atoms with Crippen LogP contribution in [0.5, 0.6) is 11.5 Å². The van der Waals surface area contributed by atoms with Crippen LogP contribution in [0.2, 0.25) is 0 Å². The molecule has 31 heavy (non-hydrogen) atoms. The van der Waals surface area contributed by atoms with E-state index in [1.165, 1.54) is 0 Å². The third-order valence-corrected chi connectivity index (χ3v) is 4.96. The second kappa shape index (κ2) is 10.8. The van der Waals surface area contributed by atoms with Crippen molar-refractivity contribution >= 4 is 17.5 Å². The van der Waals surface area contributed by atoms with Gasteiger partial charge in [-0.05, 0) is 36.7 Å². The smallest absolute Gasteiger partial charge is 0.253 e. The van der Waals surface area contributed by atoms with Crippen molar-refractivity contribution in [2.45, 2.75) is 26.9 Å². The fourth-order valence-electron chi connectivity index (χ4n) is 3.32. The molecule has 0 bridgehead atoms. The lowest BCUT2D eigenvalue weighted by atomic mass is 10.1. The lowest BCUT2D eigenvalue weighted by Gasteiger charge is -2.30. The molecule has 2 N–H and O–H groups in total. The largest absolute Gasteiger partial charge is 0.486 e. The molecule has 1 unspecified atom stereocenters. The Morgan fingerprint density at radius 3 is 2.55 bits per heavy atom. The Bertz CT molecular complexity index is 900. The number of hydrogen-bond donors (Lipinski definition) is 2. The number of carbonyl (C=O) groups is 2. The van der Waals surface area contributed by atoms with Gasteiger partial charge in [0.05, 0.1) is 17.8 Å². The van der Waals surface area contributed by atoms with E-state index in [9.17, 15) is 9.59 Å². The highest BCUT2D eigenvalue weighted by molar-refractivity contribution is 6.04. The van der Waals surface area contributed by atoms with Crippen LogP contribution in [0, 0.1) is 5.92 Å². The Kier molecular flexibility index (Phi) is 7.89. The number of ether oxygens (including phenoxy) is 2. The summed E-state index contributed by atoms with van der Waals surface area (Å²) in [4.78, 5) is 27.2. The zero-order chi connectivity index (χ0) is 22.2. The Morgan fingerprint density at radius 2 is 1.81 bits per heavy atom. The van der Waals surface area contributed by atoms with E-state index in [2.05, 4.69) is 10.6 Å². The van der Waals surface area contributed by atoms with Crippen molar-refractivity contribution in [2.24, 2.45) is 5.92 Å². The molecule has 7 nitrogen and oxygen atoms in total. The van der Waals surface area contributed by atoms with Crippen LogP contribution in [-0.2, 0) is 4.79 Å². The third kappa shape index (κ3) is 6.46. The van der Waals surface area contributed by atoms with E-state index < -0.39 is 0 Å². The van der Waals surface area contributed by atoms with E-state index >= 15 is 0 Å². The van der Waals surface area contributed by atoms with Crippen LogP contribution in [0.3, 0.4) is 0 Å². The van der Waals surface area contributed by atoms with Crippen molar-refractivity contribution in [1.29, 1.82) is 0 Å². The number of benzene rings is 2. The lowest BCUT2D eigenvalue weighted by molar-refractivity contribution is -0.117. The fourth-order valence-corrected chi connectivity index (χ4v) is 3.32. The van der Waals surface area contributed by atoms with Gasteiger partial charge in [0, 0.05) is 13.1 Å². The highest BCUT2D eigenvalue weighted by Crippen LogP contribution is 2.31. The molecule has 1 aliphatic rings. The molecule has 0 aromatic heterocycles. The molecule has 1 atom stereocenters. The van der Waals surface area contributed by atoms with E-state index in [4.69, 9.17) is 9.47 Å². The Balaban J connectivity index is 1.57. The van der Waals surface area contributed by atoms with Gasteiger partial charge in [-0.3, -0.25) is 14.5 Å². The molecule has 0 fully saturated rings. The highest BCUT2D eigenvalue weighted by atomic mass is 16.6. The van der Waals surface area contributed by atoms with Crippen LogP contribution >= 0.6 is 0 Å². The van der Waals surface area contributed by atoms with Gasteiger partial charge in [0.2, 0.25) is 5.91 Å². The van der Waals surface area contributed by atoms with Crippen molar-refractivity contribution in [3.8, 4) is 11.5 Å². The summed E-state index contributed by atoms with van der Waals surface area (Å²) >= 11 is 0. The lowest BCUT2D eigenvalue weighted by Crippen LogP contribution is -2.43. The minimum Gasteiger partial charge on any atom is -0.486 e. The molecular weight excluding hydrogens is 394 g/mol. The van der Waals surface area contributed by atoms with Crippen LogP contribution < -0.4 is 20.1 Å². The maximum absolute atomic E-state index is 12.7. The SMILES string of the molecule is CCN(CC(=O)Nc1ccccc1C(=O)NCC(C)C)CC1COc2ccccc2O1. The van der Waals surface area contributed by atoms with Crippen LogP contribution in [0.15, 0.2) is 48.5 Å². The van der Waals surface area contributed by atoms with Crippen molar-refractivity contribution < 1.29 is 19.1 Å². The van der Waals surface area contributed by atoms with E-state index in [0.29, 0.717) is 43.4 Å². The van der Waals surface area contributed by atoms with E-state index in [-0.39, 0.29) is 24.5 Å². The van der Waals surface area contributed by atoms with Crippen LogP contribution in [0.25, 0.3) is 0 Å². The van der Waals surface area contributed by atoms with E-state index in [1.54, 1.807) is 24.3 Å². The summed E-state index contributed by atoms with van der Waals surface area (Å²) in [6.07, 6.45) is -0.156. The van der Waals surface area contributed by atoms with Gasteiger partial charge in [0.15, 0.2) is 11.5 Å². The first-order valence-corrected chi connectivity index (χ1v) is 10.7. The summed E-state index contributed by atoms with van der Waals surface area (Å²) in [7, 11) is 0. The van der Waals surface area contributed by atoms with Crippen molar-refractivity contribution in [1.82, 2.24) is 10.2 Å². The number of rotatable bonds is 9. The molecule has 2 amide bonds. The minimum absolute atomic E-state index is 0.156. The monoisotopic (exact) mass is 425 g/mol. The van der Waals surface area contributed by atoms with Crippen molar-refractivity contribution in [3.63, 3.8) is 0 Å². The number of anilines is 1. The standard InChI is InChI=1S/C24H31N3O4/c1-4-27(14-18-16-30-21-11-7-8-12-22(21)31-18)15-23(28)26-20-10-6-5-9-19(20)24(29)25-13-17(2)3/h5-12,17-18H,4,13-16H2,1-3H3,(H,25,29)(H,26,28). The molecule has 0 aliphatic carbocycles. The Labute approximate surface area is 183 Å². The van der Waals surface area contributed by atoms with Gasteiger partial charge in [0.25, 0.3) is 5.91 Å². The van der Waals surface area contributed by atoms with Gasteiger partial charge in [-0.25, -0.2) is 0 Å². The normalized spacial score (nSPS) is 15.1. The number of nitrogens with one attached hydrogen (secondary N) is 2. The number of nitrogens with zero attached hydrogens (tertiary/aromatic N) is 1.